The van der Waals surface area contributed by atoms with Crippen LogP contribution in [0.1, 0.15) is 56.3 Å². The molecule has 0 radical (unpaired) electrons. The van der Waals surface area contributed by atoms with E-state index in [9.17, 15) is 9.59 Å². The topological polar surface area (TPSA) is 53.5 Å². The number of likely N-dealkylation sites (tertiary alicyclic amines) is 2. The van der Waals surface area contributed by atoms with E-state index in [1.54, 1.807) is 11.3 Å². The van der Waals surface area contributed by atoms with E-state index in [0.717, 1.165) is 36.5 Å². The van der Waals surface area contributed by atoms with E-state index in [-0.39, 0.29) is 29.8 Å². The van der Waals surface area contributed by atoms with Crippen LogP contribution in [0.4, 0.5) is 0 Å². The molecule has 1 aromatic heterocycles. The third kappa shape index (κ3) is 3.27. The molecule has 3 rings (SSSR count). The molecule has 3 heterocycles. The average molecular weight is 335 g/mol. The Kier molecular flexibility index (Phi) is 4.71. The highest BCUT2D eigenvalue weighted by Crippen LogP contribution is 2.35. The van der Waals surface area contributed by atoms with Gasteiger partial charge in [-0.15, -0.1) is 11.3 Å². The van der Waals surface area contributed by atoms with E-state index >= 15 is 0 Å². The number of rotatable bonds is 3. The van der Waals surface area contributed by atoms with Gasteiger partial charge in [0.2, 0.25) is 11.8 Å². The van der Waals surface area contributed by atoms with Gasteiger partial charge in [0.05, 0.1) is 12.0 Å². The molecule has 2 saturated heterocycles. The maximum Gasteiger partial charge on any atom is 0.228 e. The molecule has 2 fully saturated rings. The molecule has 1 aromatic rings. The van der Waals surface area contributed by atoms with E-state index < -0.39 is 0 Å². The van der Waals surface area contributed by atoms with Gasteiger partial charge in [0.1, 0.15) is 5.01 Å². The Bertz CT molecular complexity index is 598. The Balaban J connectivity index is 1.76. The fraction of sp³-hybridized carbons (Fsp3) is 0.706. The highest BCUT2D eigenvalue weighted by molar-refractivity contribution is 7.09. The number of hydrogen-bond donors (Lipinski definition) is 0. The summed E-state index contributed by atoms with van der Waals surface area (Å²) < 4.78 is 0. The van der Waals surface area contributed by atoms with E-state index in [2.05, 4.69) is 4.98 Å². The summed E-state index contributed by atoms with van der Waals surface area (Å²) in [5.41, 5.74) is 1.02. The molecule has 126 valence electrons. The molecule has 2 amide bonds. The lowest BCUT2D eigenvalue weighted by atomic mass is 9.99. The summed E-state index contributed by atoms with van der Waals surface area (Å²) in [6.07, 6.45) is 3.51. The number of thiazole rings is 1. The predicted molar refractivity (Wildman–Crippen MR) is 90.1 cm³/mol. The zero-order valence-corrected chi connectivity index (χ0v) is 14.9. The SMILES string of the molecule is Cc1csc([C@@H]2CCCCN2C(=O)[C@@H]2CC(=O)N(C(C)C)C2)n1. The van der Waals surface area contributed by atoms with Gasteiger partial charge in [-0.25, -0.2) is 4.98 Å². The first-order chi connectivity index (χ1) is 11.0. The minimum Gasteiger partial charge on any atom is -0.339 e. The van der Waals surface area contributed by atoms with Gasteiger partial charge >= 0.3 is 0 Å². The van der Waals surface area contributed by atoms with Crippen molar-refractivity contribution in [2.75, 3.05) is 13.1 Å². The van der Waals surface area contributed by atoms with E-state index in [0.29, 0.717) is 13.0 Å². The molecular weight excluding hydrogens is 310 g/mol. The van der Waals surface area contributed by atoms with Gasteiger partial charge in [-0.2, -0.15) is 0 Å². The van der Waals surface area contributed by atoms with Crippen molar-refractivity contribution >= 4 is 23.2 Å². The van der Waals surface area contributed by atoms with E-state index in [4.69, 9.17) is 0 Å². The number of aromatic nitrogens is 1. The number of nitrogens with zero attached hydrogens (tertiary/aromatic N) is 3. The second kappa shape index (κ2) is 6.59. The van der Waals surface area contributed by atoms with Crippen molar-refractivity contribution in [1.29, 1.82) is 0 Å². The molecule has 23 heavy (non-hydrogen) atoms. The largest absolute Gasteiger partial charge is 0.339 e. The molecule has 0 spiro atoms. The van der Waals surface area contributed by atoms with Crippen LogP contribution >= 0.6 is 11.3 Å². The maximum atomic E-state index is 13.0. The summed E-state index contributed by atoms with van der Waals surface area (Å²) in [7, 11) is 0. The lowest BCUT2D eigenvalue weighted by Crippen LogP contribution is -2.43. The first-order valence-electron chi connectivity index (χ1n) is 8.49. The molecule has 2 aliphatic heterocycles. The first kappa shape index (κ1) is 16.4. The van der Waals surface area contributed by atoms with Gasteiger partial charge in [-0.1, -0.05) is 0 Å². The smallest absolute Gasteiger partial charge is 0.228 e. The van der Waals surface area contributed by atoms with Crippen molar-refractivity contribution in [1.82, 2.24) is 14.8 Å². The van der Waals surface area contributed by atoms with Crippen molar-refractivity contribution in [2.24, 2.45) is 5.92 Å². The highest BCUT2D eigenvalue weighted by atomic mass is 32.1. The van der Waals surface area contributed by atoms with Crippen LogP contribution in [-0.2, 0) is 9.59 Å². The first-order valence-corrected chi connectivity index (χ1v) is 9.37. The molecule has 0 bridgehead atoms. The lowest BCUT2D eigenvalue weighted by Gasteiger charge is -2.36. The van der Waals surface area contributed by atoms with Crippen LogP contribution in [0.3, 0.4) is 0 Å². The second-order valence-electron chi connectivity index (χ2n) is 6.91. The summed E-state index contributed by atoms with van der Waals surface area (Å²) in [5.74, 6) is 0.0580. The Morgan fingerprint density at radius 1 is 1.39 bits per heavy atom. The third-order valence-corrected chi connectivity index (χ3v) is 5.90. The van der Waals surface area contributed by atoms with Crippen LogP contribution < -0.4 is 0 Å². The number of amides is 2. The Labute approximate surface area is 141 Å². The standard InChI is InChI=1S/C17H25N3O2S/c1-11(2)20-9-13(8-15(20)21)17(22)19-7-5-4-6-14(19)16-18-12(3)10-23-16/h10-11,13-14H,4-9H2,1-3H3/t13-,14+/m1/s1. The molecule has 0 unspecified atom stereocenters. The fourth-order valence-electron chi connectivity index (χ4n) is 3.61. The number of carbonyl (C=O) groups excluding carboxylic acids is 2. The van der Waals surface area contributed by atoms with Crippen LogP contribution in [0.15, 0.2) is 5.38 Å². The highest BCUT2D eigenvalue weighted by Gasteiger charge is 2.40. The van der Waals surface area contributed by atoms with Crippen LogP contribution in [0.5, 0.6) is 0 Å². The molecule has 0 aliphatic carbocycles. The molecule has 0 saturated carbocycles. The molecule has 2 atom stereocenters. The van der Waals surface area contributed by atoms with Gasteiger partial charge in [0, 0.05) is 36.6 Å². The molecule has 0 N–H and O–H groups in total. The van der Waals surface area contributed by atoms with Gasteiger partial charge in [0.25, 0.3) is 0 Å². The van der Waals surface area contributed by atoms with E-state index in [1.165, 1.54) is 0 Å². The van der Waals surface area contributed by atoms with Gasteiger partial charge < -0.3 is 9.80 Å². The van der Waals surface area contributed by atoms with Crippen molar-refractivity contribution in [3.05, 3.63) is 16.1 Å². The van der Waals surface area contributed by atoms with Gasteiger partial charge in [0.15, 0.2) is 0 Å². The Hall–Kier alpha value is -1.43. The summed E-state index contributed by atoms with van der Waals surface area (Å²) in [5, 5.41) is 3.09. The second-order valence-corrected chi connectivity index (χ2v) is 7.80. The van der Waals surface area contributed by atoms with Crippen molar-refractivity contribution in [3.63, 3.8) is 0 Å². The monoisotopic (exact) mass is 335 g/mol. The van der Waals surface area contributed by atoms with Crippen molar-refractivity contribution in [3.8, 4) is 0 Å². The normalized spacial score (nSPS) is 25.5. The fourth-order valence-corrected chi connectivity index (χ4v) is 4.55. The predicted octanol–water partition coefficient (Wildman–Crippen LogP) is 2.76. The van der Waals surface area contributed by atoms with Crippen LogP contribution in [0.25, 0.3) is 0 Å². The molecule has 2 aliphatic rings. The quantitative estimate of drug-likeness (QED) is 0.853. The lowest BCUT2D eigenvalue weighted by molar-refractivity contribution is -0.139. The Morgan fingerprint density at radius 2 is 2.17 bits per heavy atom. The van der Waals surface area contributed by atoms with E-state index in [1.807, 2.05) is 36.0 Å². The molecule has 6 heteroatoms. The summed E-state index contributed by atoms with van der Waals surface area (Å²) in [4.78, 5) is 33.6. The average Bonchev–Trinajstić information content (AvgIpc) is 3.12. The van der Waals surface area contributed by atoms with Crippen molar-refractivity contribution in [2.45, 2.75) is 58.5 Å². The Morgan fingerprint density at radius 3 is 2.78 bits per heavy atom. The van der Waals surface area contributed by atoms with Gasteiger partial charge in [-0.3, -0.25) is 9.59 Å². The molecule has 5 nitrogen and oxygen atoms in total. The molecular formula is C17H25N3O2S. The zero-order chi connectivity index (χ0) is 16.6. The van der Waals surface area contributed by atoms with Crippen LogP contribution in [0.2, 0.25) is 0 Å². The van der Waals surface area contributed by atoms with Crippen molar-refractivity contribution < 1.29 is 9.59 Å². The maximum absolute atomic E-state index is 13.0. The van der Waals surface area contributed by atoms with Crippen LogP contribution in [0, 0.1) is 12.8 Å². The number of piperidine rings is 1. The summed E-state index contributed by atoms with van der Waals surface area (Å²) in [6.45, 7) is 7.36. The minimum atomic E-state index is -0.188. The molecule has 0 aromatic carbocycles. The number of hydrogen-bond acceptors (Lipinski definition) is 4. The van der Waals surface area contributed by atoms with Gasteiger partial charge in [-0.05, 0) is 40.0 Å². The third-order valence-electron chi connectivity index (χ3n) is 4.84. The van der Waals surface area contributed by atoms with Crippen LogP contribution in [-0.4, -0.2) is 45.7 Å². The zero-order valence-electron chi connectivity index (χ0n) is 14.1. The number of aryl methyl sites for hydroxylation is 1. The summed E-state index contributed by atoms with van der Waals surface area (Å²) in [6, 6.07) is 0.261. The minimum absolute atomic E-state index is 0.0955. The summed E-state index contributed by atoms with van der Waals surface area (Å²) >= 11 is 1.64. The number of carbonyl (C=O) groups is 2.